The molecule has 3 heteroatoms. The molecule has 0 radical (unpaired) electrons. The summed E-state index contributed by atoms with van der Waals surface area (Å²) in [5, 5.41) is 11.2. The van der Waals surface area contributed by atoms with Crippen LogP contribution in [0.25, 0.3) is 0 Å². The van der Waals surface area contributed by atoms with Crippen LogP contribution in [0.15, 0.2) is 0 Å². The summed E-state index contributed by atoms with van der Waals surface area (Å²) in [7, 11) is 0. The lowest BCUT2D eigenvalue weighted by molar-refractivity contribution is -0.181. The number of ether oxygens (including phenoxy) is 1. The summed E-state index contributed by atoms with van der Waals surface area (Å²) in [4.78, 5) is 12.6. The van der Waals surface area contributed by atoms with Gasteiger partial charge in [0.1, 0.15) is 5.78 Å². The van der Waals surface area contributed by atoms with Crippen LogP contribution >= 0.6 is 0 Å². The van der Waals surface area contributed by atoms with Crippen LogP contribution in [-0.2, 0) is 9.53 Å². The Bertz CT molecular complexity index is 531. The average molecular weight is 349 g/mol. The summed E-state index contributed by atoms with van der Waals surface area (Å²) in [6, 6.07) is 0. The maximum Gasteiger partial charge on any atom is 0.139 e. The molecule has 25 heavy (non-hydrogen) atoms. The first-order valence-corrected chi connectivity index (χ1v) is 10.7. The molecule has 3 nitrogen and oxygen atoms in total. The fourth-order valence-electron chi connectivity index (χ4n) is 7.63. The molecule has 0 heterocycles. The lowest BCUT2D eigenvalue weighted by Gasteiger charge is -2.61. The summed E-state index contributed by atoms with van der Waals surface area (Å²) in [6.07, 6.45) is 9.66. The Kier molecular flexibility index (Phi) is 4.56. The van der Waals surface area contributed by atoms with Gasteiger partial charge in [-0.15, -0.1) is 0 Å². The lowest BCUT2D eigenvalue weighted by Crippen LogP contribution is -2.59. The second-order valence-electron chi connectivity index (χ2n) is 10.0. The molecule has 0 amide bonds. The van der Waals surface area contributed by atoms with Crippen LogP contribution in [0.4, 0.5) is 0 Å². The molecule has 0 aromatic heterocycles. The smallest absolute Gasteiger partial charge is 0.139 e. The number of hydrogen-bond donors (Lipinski definition) is 1. The zero-order chi connectivity index (χ0) is 17.8. The van der Waals surface area contributed by atoms with Gasteiger partial charge in [-0.1, -0.05) is 20.8 Å². The van der Waals surface area contributed by atoms with Crippen molar-refractivity contribution >= 4 is 5.78 Å². The Balaban J connectivity index is 1.61. The monoisotopic (exact) mass is 348 g/mol. The highest BCUT2D eigenvalue weighted by atomic mass is 16.5. The first-order chi connectivity index (χ1) is 11.9. The zero-order valence-corrected chi connectivity index (χ0v) is 16.3. The van der Waals surface area contributed by atoms with Crippen molar-refractivity contribution in [2.75, 3.05) is 6.61 Å². The predicted octanol–water partition coefficient (Wildman–Crippen LogP) is 4.36. The van der Waals surface area contributed by atoms with Crippen molar-refractivity contribution in [1.82, 2.24) is 0 Å². The average Bonchev–Trinajstić information content (AvgIpc) is 2.86. The van der Waals surface area contributed by atoms with Crippen LogP contribution in [0.2, 0.25) is 0 Å². The van der Waals surface area contributed by atoms with Crippen LogP contribution in [0.1, 0.15) is 78.6 Å². The molecular weight excluding hydrogens is 312 g/mol. The molecule has 4 fully saturated rings. The molecule has 0 aromatic rings. The molecule has 4 rings (SSSR count). The molecule has 4 aliphatic rings. The van der Waals surface area contributed by atoms with Crippen molar-refractivity contribution < 1.29 is 14.6 Å². The number of carbonyl (C=O) groups excluding carboxylic acids is 1. The zero-order valence-electron chi connectivity index (χ0n) is 16.3. The molecular formula is C22H36O3. The van der Waals surface area contributed by atoms with Gasteiger partial charge in [0, 0.05) is 18.4 Å². The first-order valence-electron chi connectivity index (χ1n) is 10.7. The van der Waals surface area contributed by atoms with Crippen molar-refractivity contribution in [3.8, 4) is 0 Å². The van der Waals surface area contributed by atoms with E-state index in [9.17, 15) is 9.90 Å². The number of ketones is 1. The van der Waals surface area contributed by atoms with Gasteiger partial charge in [-0.2, -0.15) is 0 Å². The molecule has 1 N–H and O–H groups in total. The van der Waals surface area contributed by atoms with Gasteiger partial charge in [-0.05, 0) is 80.5 Å². The molecule has 142 valence electrons. The maximum atomic E-state index is 12.6. The third-order valence-corrected chi connectivity index (χ3v) is 8.77. The largest absolute Gasteiger partial charge is 0.393 e. The van der Waals surface area contributed by atoms with Gasteiger partial charge < -0.3 is 9.84 Å². The van der Waals surface area contributed by atoms with E-state index in [2.05, 4.69) is 20.8 Å². The second-order valence-corrected chi connectivity index (χ2v) is 10.0. The highest BCUT2D eigenvalue weighted by molar-refractivity contribution is 5.87. The normalized spacial score (nSPS) is 52.4. The fraction of sp³-hybridized carbons (Fsp3) is 0.955. The van der Waals surface area contributed by atoms with Gasteiger partial charge in [0.25, 0.3) is 0 Å². The van der Waals surface area contributed by atoms with Gasteiger partial charge in [0.2, 0.25) is 0 Å². The number of fused-ring (bicyclic) bond motifs is 5. The Morgan fingerprint density at radius 2 is 1.88 bits per heavy atom. The number of aliphatic hydroxyl groups is 1. The van der Waals surface area contributed by atoms with Crippen molar-refractivity contribution in [1.29, 1.82) is 0 Å². The molecule has 0 bridgehead atoms. The summed E-state index contributed by atoms with van der Waals surface area (Å²) in [6.45, 7) is 7.62. The number of Topliss-reactive ketones (excluding diaryl/α,β-unsaturated/α-hetero) is 1. The van der Waals surface area contributed by atoms with Crippen LogP contribution in [0, 0.1) is 34.5 Å². The first kappa shape index (κ1) is 18.0. The Morgan fingerprint density at radius 3 is 2.64 bits per heavy atom. The van der Waals surface area contributed by atoms with Crippen molar-refractivity contribution in [3.05, 3.63) is 0 Å². The number of hydrogen-bond acceptors (Lipinski definition) is 3. The molecule has 0 aliphatic heterocycles. The minimum Gasteiger partial charge on any atom is -0.393 e. The maximum absolute atomic E-state index is 12.6. The minimum atomic E-state index is -0.314. The van der Waals surface area contributed by atoms with E-state index in [1.165, 1.54) is 25.7 Å². The second kappa shape index (κ2) is 6.34. The van der Waals surface area contributed by atoms with Crippen LogP contribution in [0.3, 0.4) is 0 Å². The van der Waals surface area contributed by atoms with E-state index >= 15 is 0 Å². The van der Waals surface area contributed by atoms with E-state index in [0.717, 1.165) is 38.2 Å². The van der Waals surface area contributed by atoms with Crippen LogP contribution in [0.5, 0.6) is 0 Å². The topological polar surface area (TPSA) is 46.5 Å². The third-order valence-electron chi connectivity index (χ3n) is 8.77. The SMILES string of the molecule is CCCOC1CCC2CCC3C4CCC(=O)C4(C)CC(O)C3C2(C)C1. The quantitative estimate of drug-likeness (QED) is 0.824. The van der Waals surface area contributed by atoms with E-state index in [4.69, 9.17) is 4.74 Å². The molecule has 0 spiro atoms. The summed E-state index contributed by atoms with van der Waals surface area (Å²) in [5.41, 5.74) is -0.0669. The molecule has 8 unspecified atom stereocenters. The highest BCUT2D eigenvalue weighted by Gasteiger charge is 2.63. The summed E-state index contributed by atoms with van der Waals surface area (Å²) in [5.74, 6) is 2.54. The number of rotatable bonds is 3. The van der Waals surface area contributed by atoms with E-state index in [1.54, 1.807) is 0 Å². The molecule has 4 aliphatic carbocycles. The van der Waals surface area contributed by atoms with Crippen molar-refractivity contribution in [3.63, 3.8) is 0 Å². The Hall–Kier alpha value is -0.410. The lowest BCUT2D eigenvalue weighted by atomic mass is 9.44. The molecule has 8 atom stereocenters. The highest BCUT2D eigenvalue weighted by Crippen LogP contribution is 2.65. The van der Waals surface area contributed by atoms with Crippen LogP contribution < -0.4 is 0 Å². The molecule has 4 saturated carbocycles. The Labute approximate surface area is 152 Å². The van der Waals surface area contributed by atoms with E-state index in [1.807, 2.05) is 0 Å². The predicted molar refractivity (Wildman–Crippen MR) is 98.2 cm³/mol. The third kappa shape index (κ3) is 2.64. The van der Waals surface area contributed by atoms with Gasteiger partial charge in [0.05, 0.1) is 12.2 Å². The minimum absolute atomic E-state index is 0.186. The Morgan fingerprint density at radius 1 is 1.12 bits per heavy atom. The number of carbonyl (C=O) groups is 1. The van der Waals surface area contributed by atoms with Gasteiger partial charge in [-0.25, -0.2) is 0 Å². The van der Waals surface area contributed by atoms with Crippen molar-refractivity contribution in [2.45, 2.75) is 90.8 Å². The van der Waals surface area contributed by atoms with Crippen molar-refractivity contribution in [2.24, 2.45) is 34.5 Å². The fourth-order valence-corrected chi connectivity index (χ4v) is 7.63. The summed E-state index contributed by atoms with van der Waals surface area (Å²) >= 11 is 0. The van der Waals surface area contributed by atoms with Gasteiger partial charge in [0.15, 0.2) is 0 Å². The van der Waals surface area contributed by atoms with E-state index < -0.39 is 0 Å². The number of aliphatic hydroxyl groups excluding tert-OH is 1. The van der Waals surface area contributed by atoms with Gasteiger partial charge >= 0.3 is 0 Å². The van der Waals surface area contributed by atoms with E-state index in [-0.39, 0.29) is 16.9 Å². The molecule has 0 aromatic carbocycles. The standard InChI is InChI=1S/C22H36O3/c1-4-11-25-15-7-5-14-6-8-16-17-9-10-19(24)22(17,3)13-18(23)20(16)21(14,2)12-15/h14-18,20,23H,4-13H2,1-3H3. The van der Waals surface area contributed by atoms with Gasteiger partial charge in [-0.3, -0.25) is 4.79 Å². The van der Waals surface area contributed by atoms with Crippen LogP contribution in [-0.4, -0.2) is 29.7 Å². The summed E-state index contributed by atoms with van der Waals surface area (Å²) < 4.78 is 6.15. The molecule has 0 saturated heterocycles. The van der Waals surface area contributed by atoms with E-state index in [0.29, 0.717) is 36.1 Å².